The monoisotopic (exact) mass is 353 g/mol. The summed E-state index contributed by atoms with van der Waals surface area (Å²) >= 11 is 0. The summed E-state index contributed by atoms with van der Waals surface area (Å²) in [5.41, 5.74) is 7.28. The second kappa shape index (κ2) is 8.35. The van der Waals surface area contributed by atoms with Crippen molar-refractivity contribution in [2.45, 2.75) is 47.0 Å². The van der Waals surface area contributed by atoms with Crippen molar-refractivity contribution in [3.63, 3.8) is 0 Å². The minimum absolute atomic E-state index is 0.505. The van der Waals surface area contributed by atoms with Crippen LogP contribution >= 0.6 is 0 Å². The quantitative estimate of drug-likeness (QED) is 0.554. The van der Waals surface area contributed by atoms with E-state index in [9.17, 15) is 0 Å². The van der Waals surface area contributed by atoms with Crippen LogP contribution in [0.3, 0.4) is 0 Å². The third kappa shape index (κ3) is 4.43. The van der Waals surface area contributed by atoms with Crippen LogP contribution in [0.2, 0.25) is 0 Å². The highest BCUT2D eigenvalue weighted by atomic mass is 16.5. The molecule has 0 saturated carbocycles. The molecule has 4 nitrogen and oxygen atoms in total. The van der Waals surface area contributed by atoms with Crippen molar-refractivity contribution in [2.75, 3.05) is 21.2 Å². The van der Waals surface area contributed by atoms with Gasteiger partial charge in [0.1, 0.15) is 5.82 Å². The molecule has 0 unspecified atom stereocenters. The van der Waals surface area contributed by atoms with Crippen molar-refractivity contribution in [3.05, 3.63) is 51.9 Å². The first-order valence-electron chi connectivity index (χ1n) is 9.09. The fraction of sp³-hybridized carbons (Fsp3) is 0.455. The van der Waals surface area contributed by atoms with Crippen molar-refractivity contribution in [1.29, 1.82) is 0 Å². The number of nitrogens with zero attached hydrogens (tertiary/aromatic N) is 3. The van der Waals surface area contributed by atoms with Gasteiger partial charge in [0, 0.05) is 44.8 Å². The van der Waals surface area contributed by atoms with Crippen LogP contribution in [0.25, 0.3) is 5.70 Å². The third-order valence-corrected chi connectivity index (χ3v) is 4.66. The number of benzene rings is 1. The van der Waals surface area contributed by atoms with E-state index in [1.165, 1.54) is 22.3 Å². The van der Waals surface area contributed by atoms with Crippen LogP contribution in [0.5, 0.6) is 0 Å². The number of hydrogen-bond acceptors (Lipinski definition) is 4. The average Bonchev–Trinajstić information content (AvgIpc) is 2.59. The Morgan fingerprint density at radius 3 is 2.46 bits per heavy atom. The standard InChI is InChI=1S/C22H31N3O/c1-14(2)18-10-9-15(3)20(12-18)21-16(4)11-19(13-23-21)22(25(6)7)24-17(5)26-8/h9-10,12-14H,11H2,1-8H3/b22-19-,24-17+. The van der Waals surface area contributed by atoms with Crippen LogP contribution in [-0.2, 0) is 4.74 Å². The molecule has 0 fully saturated rings. The predicted octanol–water partition coefficient (Wildman–Crippen LogP) is 5.16. The molecule has 0 atom stereocenters. The molecular weight excluding hydrogens is 322 g/mol. The zero-order valence-electron chi connectivity index (χ0n) is 17.3. The molecule has 1 aliphatic rings. The molecule has 2 rings (SSSR count). The Bertz CT molecular complexity index is 796. The van der Waals surface area contributed by atoms with Gasteiger partial charge in [-0.3, -0.25) is 4.99 Å². The third-order valence-electron chi connectivity index (χ3n) is 4.66. The molecular formula is C22H31N3O. The number of allylic oxidation sites excluding steroid dienone is 2. The highest BCUT2D eigenvalue weighted by Crippen LogP contribution is 2.33. The molecule has 140 valence electrons. The molecule has 0 N–H and O–H groups in total. The highest BCUT2D eigenvalue weighted by molar-refractivity contribution is 5.91. The maximum absolute atomic E-state index is 5.22. The maximum Gasteiger partial charge on any atom is 0.186 e. The van der Waals surface area contributed by atoms with E-state index in [4.69, 9.17) is 9.73 Å². The average molecular weight is 354 g/mol. The topological polar surface area (TPSA) is 37.2 Å². The summed E-state index contributed by atoms with van der Waals surface area (Å²) in [4.78, 5) is 11.4. The Morgan fingerprint density at radius 1 is 1.23 bits per heavy atom. The molecule has 0 spiro atoms. The maximum atomic E-state index is 5.22. The number of aryl methyl sites for hydroxylation is 1. The SMILES string of the molecule is CO/C(C)=N/C(=C1/C=NC(c2cc(C(C)C)ccc2C)=C(C)C1)N(C)C. The summed E-state index contributed by atoms with van der Waals surface area (Å²) < 4.78 is 5.22. The lowest BCUT2D eigenvalue weighted by Crippen LogP contribution is -2.16. The number of rotatable bonds is 4. The largest absolute Gasteiger partial charge is 0.484 e. The van der Waals surface area contributed by atoms with Crippen LogP contribution in [0.15, 0.2) is 45.2 Å². The van der Waals surface area contributed by atoms with Crippen molar-refractivity contribution in [3.8, 4) is 0 Å². The molecule has 1 heterocycles. The first-order valence-corrected chi connectivity index (χ1v) is 9.09. The van der Waals surface area contributed by atoms with Gasteiger partial charge in [-0.25, -0.2) is 4.99 Å². The summed E-state index contributed by atoms with van der Waals surface area (Å²) in [6.07, 6.45) is 2.78. The smallest absolute Gasteiger partial charge is 0.186 e. The Balaban J connectivity index is 2.47. The van der Waals surface area contributed by atoms with Gasteiger partial charge in [-0.05, 0) is 42.5 Å². The first kappa shape index (κ1) is 20.0. The zero-order chi connectivity index (χ0) is 19.4. The van der Waals surface area contributed by atoms with Gasteiger partial charge in [0.05, 0.1) is 12.8 Å². The van der Waals surface area contributed by atoms with Gasteiger partial charge in [0.15, 0.2) is 5.90 Å². The van der Waals surface area contributed by atoms with Crippen LogP contribution in [0.1, 0.15) is 56.7 Å². The van der Waals surface area contributed by atoms with Crippen molar-refractivity contribution < 1.29 is 4.74 Å². The van der Waals surface area contributed by atoms with Crippen LogP contribution in [-0.4, -0.2) is 38.2 Å². The van der Waals surface area contributed by atoms with E-state index in [0.717, 1.165) is 23.5 Å². The molecule has 0 aromatic heterocycles. The normalized spacial score (nSPS) is 17.0. The van der Waals surface area contributed by atoms with E-state index in [0.29, 0.717) is 11.8 Å². The van der Waals surface area contributed by atoms with Gasteiger partial charge >= 0.3 is 0 Å². The number of hydrogen-bond donors (Lipinski definition) is 0. The Morgan fingerprint density at radius 2 is 1.92 bits per heavy atom. The summed E-state index contributed by atoms with van der Waals surface area (Å²) in [5, 5.41) is 0. The fourth-order valence-corrected chi connectivity index (χ4v) is 3.01. The Labute approximate surface area is 158 Å². The molecule has 0 aliphatic carbocycles. The summed E-state index contributed by atoms with van der Waals surface area (Å²) in [7, 11) is 5.63. The lowest BCUT2D eigenvalue weighted by Gasteiger charge is -2.22. The van der Waals surface area contributed by atoms with E-state index < -0.39 is 0 Å². The summed E-state index contributed by atoms with van der Waals surface area (Å²) in [5.74, 6) is 2.03. The van der Waals surface area contributed by atoms with Crippen LogP contribution in [0, 0.1) is 6.92 Å². The highest BCUT2D eigenvalue weighted by Gasteiger charge is 2.18. The molecule has 1 aromatic rings. The molecule has 0 saturated heterocycles. The minimum Gasteiger partial charge on any atom is -0.484 e. The van der Waals surface area contributed by atoms with Crippen LogP contribution in [0.4, 0.5) is 0 Å². The van der Waals surface area contributed by atoms with Crippen LogP contribution < -0.4 is 0 Å². The van der Waals surface area contributed by atoms with E-state index in [2.05, 4.69) is 50.9 Å². The number of aliphatic imine (C=N–C) groups is 2. The van der Waals surface area contributed by atoms with Crippen molar-refractivity contribution in [1.82, 2.24) is 4.90 Å². The molecule has 1 aliphatic heterocycles. The fourth-order valence-electron chi connectivity index (χ4n) is 3.01. The minimum atomic E-state index is 0.505. The zero-order valence-corrected chi connectivity index (χ0v) is 17.3. The molecule has 4 heteroatoms. The Hall–Kier alpha value is -2.36. The number of methoxy groups -OCH3 is 1. The van der Waals surface area contributed by atoms with E-state index in [-0.39, 0.29) is 0 Å². The summed E-state index contributed by atoms with van der Waals surface area (Å²) in [6.45, 7) is 10.6. The lowest BCUT2D eigenvalue weighted by atomic mass is 9.92. The molecule has 0 bridgehead atoms. The predicted molar refractivity (Wildman–Crippen MR) is 112 cm³/mol. The van der Waals surface area contributed by atoms with Gasteiger partial charge in [0.2, 0.25) is 0 Å². The first-order chi connectivity index (χ1) is 12.2. The van der Waals surface area contributed by atoms with Gasteiger partial charge < -0.3 is 9.64 Å². The molecule has 0 radical (unpaired) electrons. The molecule has 0 amide bonds. The van der Waals surface area contributed by atoms with Crippen molar-refractivity contribution in [2.24, 2.45) is 9.98 Å². The lowest BCUT2D eigenvalue weighted by molar-refractivity contribution is 0.394. The van der Waals surface area contributed by atoms with E-state index >= 15 is 0 Å². The number of ether oxygens (including phenoxy) is 1. The van der Waals surface area contributed by atoms with Gasteiger partial charge in [-0.2, -0.15) is 0 Å². The molecule has 26 heavy (non-hydrogen) atoms. The Kier molecular flexibility index (Phi) is 6.41. The van der Waals surface area contributed by atoms with Crippen molar-refractivity contribution >= 4 is 17.8 Å². The molecule has 1 aromatic carbocycles. The van der Waals surface area contributed by atoms with E-state index in [1.54, 1.807) is 7.11 Å². The second-order valence-corrected chi connectivity index (χ2v) is 7.37. The second-order valence-electron chi connectivity index (χ2n) is 7.37. The van der Waals surface area contributed by atoms with Gasteiger partial charge in [-0.15, -0.1) is 0 Å². The summed E-state index contributed by atoms with van der Waals surface area (Å²) in [6, 6.07) is 6.69. The van der Waals surface area contributed by atoms with Gasteiger partial charge in [0.25, 0.3) is 0 Å². The van der Waals surface area contributed by atoms with Gasteiger partial charge in [-0.1, -0.05) is 26.0 Å². The van der Waals surface area contributed by atoms with E-state index in [1.807, 2.05) is 32.1 Å².